The summed E-state index contributed by atoms with van der Waals surface area (Å²) in [6, 6.07) is -0.915. The Hall–Kier alpha value is -1.01. The molecule has 19 N–H and O–H groups in total. The first-order chi connectivity index (χ1) is 38.7. The van der Waals surface area contributed by atoms with Gasteiger partial charge in [0.1, 0.15) is 159 Å². The van der Waals surface area contributed by atoms with Gasteiger partial charge in [-0.3, -0.25) is 4.90 Å². The van der Waals surface area contributed by atoms with Crippen molar-refractivity contribution in [1.82, 2.24) is 4.90 Å². The highest BCUT2D eigenvalue weighted by Gasteiger charge is 2.60. The fourth-order valence-corrected chi connectivity index (χ4v) is 12.4. The molecule has 0 amide bonds. The highest BCUT2D eigenvalue weighted by Crippen LogP contribution is 2.41. The molecule has 470 valence electrons. The van der Waals surface area contributed by atoms with Gasteiger partial charge in [-0.2, -0.15) is 12.6 Å². The van der Waals surface area contributed by atoms with Crippen molar-refractivity contribution in [3.05, 3.63) is 0 Å². The Morgan fingerprint density at radius 1 is 0.259 bits per heavy atom. The van der Waals surface area contributed by atoms with Gasteiger partial charge in [-0.1, -0.05) is 0 Å². The zero-order valence-electron chi connectivity index (χ0n) is 43.1. The zero-order valence-corrected chi connectivity index (χ0v) is 44.0. The van der Waals surface area contributed by atoms with Crippen LogP contribution in [0.3, 0.4) is 0 Å². The van der Waals surface area contributed by atoms with E-state index < -0.39 is 260 Å². The number of nitrogens with zero attached hydrogens (tertiary/aromatic N) is 1. The molecule has 0 unspecified atom stereocenters. The minimum atomic E-state index is -2.19. The van der Waals surface area contributed by atoms with E-state index in [1.165, 1.54) is 0 Å². The Morgan fingerprint density at radius 3 is 0.667 bits per heavy atom. The van der Waals surface area contributed by atoms with Crippen molar-refractivity contribution >= 4 is 12.6 Å². The second kappa shape index (κ2) is 27.6. The summed E-state index contributed by atoms with van der Waals surface area (Å²) in [5.41, 5.74) is 0. The number of hydrogen-bond acceptors (Lipinski definition) is 35. The Bertz CT molecular complexity index is 1950. The maximum absolute atomic E-state index is 11.6. The lowest BCUT2D eigenvalue weighted by atomic mass is 9.94. The molecule has 0 aromatic carbocycles. The number of aliphatic hydroxyl groups excluding tert-OH is 19. The first-order valence-corrected chi connectivity index (χ1v) is 27.3. The minimum absolute atomic E-state index is 0.437. The van der Waals surface area contributed by atoms with Crippen LogP contribution in [0, 0.1) is 0 Å². The van der Waals surface area contributed by atoms with Crippen LogP contribution in [-0.2, 0) is 66.3 Å². The first kappa shape index (κ1) is 64.5. The van der Waals surface area contributed by atoms with E-state index in [1.807, 2.05) is 4.90 Å². The van der Waals surface area contributed by atoms with E-state index in [2.05, 4.69) is 0 Å². The molecule has 34 nitrogen and oxygen atoms in total. The minimum Gasteiger partial charge on any atom is -0.394 e. The molecule has 22 saturated heterocycles. The van der Waals surface area contributed by atoms with Gasteiger partial charge in [0.25, 0.3) is 0 Å². The summed E-state index contributed by atoms with van der Waals surface area (Å²) >= 11 is 4.85. The van der Waals surface area contributed by atoms with Crippen LogP contribution in [0.5, 0.6) is 0 Å². The van der Waals surface area contributed by atoms with Crippen molar-refractivity contribution in [2.75, 3.05) is 59.3 Å². The van der Waals surface area contributed by atoms with Crippen molar-refractivity contribution in [2.45, 2.75) is 227 Å². The summed E-state index contributed by atoms with van der Waals surface area (Å²) < 4.78 is 82.4. The standard InChI is InChI=1S/C46H77NO33S/c48-5-12-32-19(47-3-1-2-4-47)39(81)46(73-12)80-38-18(11-54)72-45(31(66)25(38)60)79-37-17(10-53)71-44(30(65)24(37)59)78-36-16(9-52)70-43(29(64)23(36)58)77-35-15(8-51)69-42(28(63)22(35)57)76-34-14(7-50)68-41(27(62)21(34)56)75-33-13(6-49)67-40(74-32)26(61)20(33)55/h12-46,48-66,81H,1-11H2/t12-,13-,14-,15-,16-,17-,18-,19+,20-,21-,22-,23-,24-,25-,26-,27-,28-,29-,30-,31-,32-,33-,34-,35-,36-,37-,38-,39-,40-,41-,42-,43-,44-,45-,46-/m1/s1. The van der Waals surface area contributed by atoms with Crippen LogP contribution in [0.2, 0.25) is 0 Å². The average Bonchev–Trinajstić information content (AvgIpc) is 4.05. The number of rotatable bonds is 8. The van der Waals surface area contributed by atoms with Crippen molar-refractivity contribution in [3.63, 3.8) is 0 Å². The summed E-state index contributed by atoms with van der Waals surface area (Å²) in [6.45, 7) is -5.88. The van der Waals surface area contributed by atoms with E-state index >= 15 is 0 Å². The lowest BCUT2D eigenvalue weighted by molar-refractivity contribution is -0.396. The Morgan fingerprint density at radius 2 is 0.444 bits per heavy atom. The van der Waals surface area contributed by atoms with E-state index in [0.717, 1.165) is 0 Å². The molecule has 0 aliphatic carbocycles. The molecule has 35 atom stereocenters. The van der Waals surface area contributed by atoms with Crippen LogP contribution in [0.4, 0.5) is 0 Å². The van der Waals surface area contributed by atoms with Crippen LogP contribution >= 0.6 is 12.6 Å². The summed E-state index contributed by atoms with van der Waals surface area (Å²) in [5, 5.41) is 210. The predicted molar refractivity (Wildman–Crippen MR) is 254 cm³/mol. The van der Waals surface area contributed by atoms with Crippen LogP contribution < -0.4 is 0 Å². The van der Waals surface area contributed by atoms with Gasteiger partial charge in [0, 0.05) is 0 Å². The second-order valence-corrected chi connectivity index (χ2v) is 22.0. The fourth-order valence-electron chi connectivity index (χ4n) is 11.9. The van der Waals surface area contributed by atoms with E-state index in [4.69, 9.17) is 78.9 Å². The highest BCUT2D eigenvalue weighted by molar-refractivity contribution is 7.81. The van der Waals surface area contributed by atoms with Crippen molar-refractivity contribution < 1.29 is 163 Å². The molecular weight excluding hydrogens is 1130 g/mol. The Kier molecular flexibility index (Phi) is 21.9. The first-order valence-electron chi connectivity index (χ1n) is 26.8. The molecule has 14 bridgehead atoms. The van der Waals surface area contributed by atoms with E-state index in [0.29, 0.717) is 25.9 Å². The third-order valence-corrected chi connectivity index (χ3v) is 16.9. The molecule has 81 heavy (non-hydrogen) atoms. The largest absolute Gasteiger partial charge is 0.394 e. The maximum Gasteiger partial charge on any atom is 0.187 e. The summed E-state index contributed by atoms with van der Waals surface area (Å²) in [5.74, 6) is 0. The fraction of sp³-hybridized carbons (Fsp3) is 1.00. The van der Waals surface area contributed by atoms with Gasteiger partial charge < -0.3 is 163 Å². The average molecular weight is 1200 g/mol. The molecule has 22 rings (SSSR count). The van der Waals surface area contributed by atoms with Crippen LogP contribution in [0.25, 0.3) is 0 Å². The monoisotopic (exact) mass is 1200 g/mol. The number of likely N-dealkylation sites (tertiary alicyclic amines) is 1. The molecule has 22 heterocycles. The van der Waals surface area contributed by atoms with Crippen LogP contribution in [0.1, 0.15) is 12.8 Å². The summed E-state index contributed by atoms with van der Waals surface area (Å²) in [4.78, 5) is 1.91. The Labute approximate surface area is 466 Å². The smallest absolute Gasteiger partial charge is 0.187 e. The number of hydrogen-bond donors (Lipinski definition) is 20. The van der Waals surface area contributed by atoms with Gasteiger partial charge in [-0.25, -0.2) is 0 Å². The molecule has 0 radical (unpaired) electrons. The predicted octanol–water partition coefficient (Wildman–Crippen LogP) is -13.2. The van der Waals surface area contributed by atoms with E-state index in [9.17, 15) is 97.0 Å². The molecule has 22 fully saturated rings. The summed E-state index contributed by atoms with van der Waals surface area (Å²) in [7, 11) is 0. The van der Waals surface area contributed by atoms with Crippen molar-refractivity contribution in [3.8, 4) is 0 Å². The van der Waals surface area contributed by atoms with Crippen molar-refractivity contribution in [1.29, 1.82) is 0 Å². The second-order valence-electron chi connectivity index (χ2n) is 21.4. The van der Waals surface area contributed by atoms with Gasteiger partial charge in [0.2, 0.25) is 0 Å². The van der Waals surface area contributed by atoms with Gasteiger partial charge >= 0.3 is 0 Å². The van der Waals surface area contributed by atoms with Gasteiger partial charge in [-0.15, -0.1) is 0 Å². The highest BCUT2D eigenvalue weighted by atomic mass is 32.1. The maximum atomic E-state index is 11.6. The molecule has 0 saturated carbocycles. The normalized spacial score (nSPS) is 54.4. The topological polar surface area (TPSA) is 517 Å². The number of ether oxygens (including phenoxy) is 14. The molecule has 0 aromatic heterocycles. The lowest BCUT2D eigenvalue weighted by Crippen LogP contribution is -2.69. The molecule has 0 spiro atoms. The molecule has 35 heteroatoms. The van der Waals surface area contributed by atoms with Crippen molar-refractivity contribution in [2.24, 2.45) is 0 Å². The SMILES string of the molecule is OC[C@H]1O[C@@H]2O[C@H]3[C@H](O)[C@@H](O)[C@@H](O[C@H]4[C@H](O)[C@@H](O)[C@@H](O[C@H]5[C@H](N6CCCC6)[C@@H](S)[C@@H](O[C@H]6[C@H](O)[C@@H](O)[C@@H](O[C@H]7[C@H](O)[C@@H](O)[C@@H](O[C@H]8[C@H](O)[C@@H](O)[C@@H](O[C@H]1[C@H](O)[C@H]2O)O[C@@H]8CO)O[C@@H]7CO)O[C@@H]6CO)O[C@@H]5CO)O[C@@H]4CO)O[C@@H]3CO. The van der Waals surface area contributed by atoms with Crippen LogP contribution in [0.15, 0.2) is 0 Å². The van der Waals surface area contributed by atoms with Gasteiger partial charge in [0.05, 0.1) is 57.5 Å². The van der Waals surface area contributed by atoms with Gasteiger partial charge in [0.15, 0.2) is 44.0 Å². The van der Waals surface area contributed by atoms with Crippen LogP contribution in [-0.4, -0.2) is 375 Å². The third-order valence-electron chi connectivity index (χ3n) is 16.3. The Balaban J connectivity index is 1.02. The molecule has 0 aromatic rings. The molecular formula is C46H77NO33S. The van der Waals surface area contributed by atoms with Gasteiger partial charge in [-0.05, 0) is 25.9 Å². The van der Waals surface area contributed by atoms with E-state index in [-0.39, 0.29) is 0 Å². The number of aliphatic hydroxyl groups is 19. The number of thiol groups is 1. The molecule has 22 aliphatic heterocycles. The quantitative estimate of drug-likeness (QED) is 0.100. The third kappa shape index (κ3) is 12.7. The van der Waals surface area contributed by atoms with E-state index in [1.54, 1.807) is 0 Å². The lowest BCUT2D eigenvalue weighted by Gasteiger charge is -2.52. The summed E-state index contributed by atoms with van der Waals surface area (Å²) in [6.07, 6.45) is -61.0. The molecule has 22 aliphatic rings. The zero-order chi connectivity index (χ0) is 58.5.